The molecule has 0 saturated carbocycles. The van der Waals surface area contributed by atoms with Crippen molar-refractivity contribution >= 4 is 15.9 Å². The summed E-state index contributed by atoms with van der Waals surface area (Å²) < 4.78 is 5.88. The first kappa shape index (κ1) is 9.24. The van der Waals surface area contributed by atoms with Crippen LogP contribution in [0.3, 0.4) is 0 Å². The summed E-state index contributed by atoms with van der Waals surface area (Å²) in [6.45, 7) is 0. The lowest BCUT2D eigenvalue weighted by atomic mass is 10.1. The first-order valence-corrected chi connectivity index (χ1v) is 4.25. The van der Waals surface area contributed by atoms with E-state index in [1.807, 2.05) is 24.3 Å². The second kappa shape index (κ2) is 4.24. The minimum Gasteiger partial charge on any atom is -0.362 e. The molecule has 2 nitrogen and oxygen atoms in total. The topological polar surface area (TPSA) is 33.0 Å². The second-order valence-electron chi connectivity index (χ2n) is 2.27. The fraction of sp³-hybridized carbons (Fsp3) is 0.222. The van der Waals surface area contributed by atoms with Crippen LogP contribution in [0.25, 0.3) is 0 Å². The van der Waals surface area contributed by atoms with Gasteiger partial charge < -0.3 is 4.74 Å². The van der Waals surface area contributed by atoms with Gasteiger partial charge in [-0.3, -0.25) is 0 Å². The van der Waals surface area contributed by atoms with Crippen LogP contribution >= 0.6 is 15.9 Å². The fourth-order valence-corrected chi connectivity index (χ4v) is 1.43. The molecule has 0 heterocycles. The van der Waals surface area contributed by atoms with Gasteiger partial charge in [0.15, 0.2) is 6.10 Å². The van der Waals surface area contributed by atoms with Crippen molar-refractivity contribution < 1.29 is 4.74 Å². The third kappa shape index (κ3) is 1.84. The molecule has 0 saturated heterocycles. The van der Waals surface area contributed by atoms with E-state index in [1.54, 1.807) is 0 Å². The molecule has 0 spiro atoms. The SMILES string of the molecule is CO[C@H](C#N)c1ccccc1Br. The van der Waals surface area contributed by atoms with Gasteiger partial charge in [-0.05, 0) is 6.07 Å². The monoisotopic (exact) mass is 225 g/mol. The number of benzene rings is 1. The Hall–Kier alpha value is -0.850. The number of rotatable bonds is 2. The molecule has 3 heteroatoms. The Labute approximate surface area is 79.9 Å². The predicted octanol–water partition coefficient (Wildman–Crippen LogP) is 2.66. The molecule has 0 aliphatic heterocycles. The maximum Gasteiger partial charge on any atom is 0.169 e. The molecule has 0 amide bonds. The number of nitrogens with zero attached hydrogens (tertiary/aromatic N) is 1. The standard InChI is InChI=1S/C9H8BrNO/c1-12-9(6-11)7-4-2-3-5-8(7)10/h2-5,9H,1H3/t9-/m1/s1. The van der Waals surface area contributed by atoms with Gasteiger partial charge in [0.05, 0.1) is 6.07 Å². The molecule has 1 aromatic carbocycles. The summed E-state index contributed by atoms with van der Waals surface area (Å²) in [5, 5.41) is 8.71. The average molecular weight is 226 g/mol. The Bertz CT molecular complexity index is 306. The zero-order valence-electron chi connectivity index (χ0n) is 6.62. The number of methoxy groups -OCH3 is 1. The van der Waals surface area contributed by atoms with E-state index in [1.165, 1.54) is 7.11 Å². The number of hydrogen-bond acceptors (Lipinski definition) is 2. The Morgan fingerprint density at radius 2 is 2.17 bits per heavy atom. The largest absolute Gasteiger partial charge is 0.362 e. The Morgan fingerprint density at radius 1 is 1.50 bits per heavy atom. The summed E-state index contributed by atoms with van der Waals surface area (Å²) in [6.07, 6.45) is -0.486. The lowest BCUT2D eigenvalue weighted by Crippen LogP contribution is -1.98. The van der Waals surface area contributed by atoms with Gasteiger partial charge in [-0.2, -0.15) is 5.26 Å². The average Bonchev–Trinajstić information content (AvgIpc) is 2.10. The van der Waals surface area contributed by atoms with Crippen molar-refractivity contribution in [2.75, 3.05) is 7.11 Å². The smallest absolute Gasteiger partial charge is 0.169 e. The van der Waals surface area contributed by atoms with Gasteiger partial charge in [0.1, 0.15) is 0 Å². The summed E-state index contributed by atoms with van der Waals surface area (Å²) in [5.41, 5.74) is 0.863. The maximum atomic E-state index is 8.71. The molecule has 0 aliphatic carbocycles. The van der Waals surface area contributed by atoms with Crippen LogP contribution in [0.2, 0.25) is 0 Å². The third-order valence-electron chi connectivity index (χ3n) is 1.54. The summed E-state index contributed by atoms with van der Waals surface area (Å²) in [5.74, 6) is 0. The number of ether oxygens (including phenoxy) is 1. The normalized spacial score (nSPS) is 12.1. The Kier molecular flexibility index (Phi) is 3.27. The molecule has 0 N–H and O–H groups in total. The van der Waals surface area contributed by atoms with Gasteiger partial charge in [-0.1, -0.05) is 34.1 Å². The van der Waals surface area contributed by atoms with E-state index in [-0.39, 0.29) is 0 Å². The molecule has 0 bridgehead atoms. The molecular weight excluding hydrogens is 218 g/mol. The number of hydrogen-bond donors (Lipinski definition) is 0. The number of halogens is 1. The zero-order valence-corrected chi connectivity index (χ0v) is 8.21. The molecule has 1 aromatic rings. The minimum absolute atomic E-state index is 0.486. The van der Waals surface area contributed by atoms with E-state index in [2.05, 4.69) is 22.0 Å². The van der Waals surface area contributed by atoms with Crippen molar-refractivity contribution in [3.05, 3.63) is 34.3 Å². The van der Waals surface area contributed by atoms with Crippen LogP contribution in [-0.2, 0) is 4.74 Å². The van der Waals surface area contributed by atoms with Crippen LogP contribution in [0.5, 0.6) is 0 Å². The van der Waals surface area contributed by atoms with Crippen molar-refractivity contribution in [1.29, 1.82) is 5.26 Å². The molecule has 0 unspecified atom stereocenters. The molecule has 12 heavy (non-hydrogen) atoms. The van der Waals surface area contributed by atoms with E-state index in [4.69, 9.17) is 10.00 Å². The molecule has 0 aliphatic rings. The quantitative estimate of drug-likeness (QED) is 0.776. The van der Waals surface area contributed by atoms with Crippen LogP contribution in [0.1, 0.15) is 11.7 Å². The van der Waals surface area contributed by atoms with Gasteiger partial charge in [-0.25, -0.2) is 0 Å². The van der Waals surface area contributed by atoms with Crippen LogP contribution in [0, 0.1) is 11.3 Å². The summed E-state index contributed by atoms with van der Waals surface area (Å²) in [7, 11) is 1.52. The number of nitriles is 1. The third-order valence-corrected chi connectivity index (χ3v) is 2.26. The second-order valence-corrected chi connectivity index (χ2v) is 3.12. The lowest BCUT2D eigenvalue weighted by molar-refractivity contribution is 0.148. The predicted molar refractivity (Wildman–Crippen MR) is 49.5 cm³/mol. The minimum atomic E-state index is -0.486. The van der Waals surface area contributed by atoms with Crippen molar-refractivity contribution in [3.8, 4) is 6.07 Å². The molecule has 0 aromatic heterocycles. The highest BCUT2D eigenvalue weighted by molar-refractivity contribution is 9.10. The van der Waals surface area contributed by atoms with Gasteiger partial charge >= 0.3 is 0 Å². The zero-order chi connectivity index (χ0) is 8.97. The van der Waals surface area contributed by atoms with Crippen molar-refractivity contribution in [2.45, 2.75) is 6.10 Å². The van der Waals surface area contributed by atoms with E-state index in [9.17, 15) is 0 Å². The van der Waals surface area contributed by atoms with E-state index in [0.717, 1.165) is 10.0 Å². The lowest BCUT2D eigenvalue weighted by Gasteiger charge is -2.08. The molecule has 1 rings (SSSR count). The molecule has 0 fully saturated rings. The van der Waals surface area contributed by atoms with E-state index in [0.29, 0.717) is 0 Å². The highest BCUT2D eigenvalue weighted by Gasteiger charge is 2.10. The fourth-order valence-electron chi connectivity index (χ4n) is 0.937. The van der Waals surface area contributed by atoms with Gasteiger partial charge in [0.2, 0.25) is 0 Å². The van der Waals surface area contributed by atoms with Crippen molar-refractivity contribution in [2.24, 2.45) is 0 Å². The van der Waals surface area contributed by atoms with Crippen molar-refractivity contribution in [1.82, 2.24) is 0 Å². The van der Waals surface area contributed by atoms with Crippen LogP contribution in [0.4, 0.5) is 0 Å². The molecule has 1 atom stereocenters. The van der Waals surface area contributed by atoms with Crippen LogP contribution < -0.4 is 0 Å². The van der Waals surface area contributed by atoms with Gasteiger partial charge in [0, 0.05) is 17.1 Å². The Balaban J connectivity index is 3.02. The van der Waals surface area contributed by atoms with Gasteiger partial charge in [-0.15, -0.1) is 0 Å². The van der Waals surface area contributed by atoms with E-state index >= 15 is 0 Å². The van der Waals surface area contributed by atoms with E-state index < -0.39 is 6.10 Å². The first-order valence-electron chi connectivity index (χ1n) is 3.46. The molecule has 0 radical (unpaired) electrons. The van der Waals surface area contributed by atoms with Crippen LogP contribution in [0.15, 0.2) is 28.7 Å². The van der Waals surface area contributed by atoms with Crippen LogP contribution in [-0.4, -0.2) is 7.11 Å². The summed E-state index contributed by atoms with van der Waals surface area (Å²) >= 11 is 3.35. The van der Waals surface area contributed by atoms with Crippen molar-refractivity contribution in [3.63, 3.8) is 0 Å². The molecular formula is C9H8BrNO. The summed E-state index contributed by atoms with van der Waals surface area (Å²) in [4.78, 5) is 0. The highest BCUT2D eigenvalue weighted by atomic mass is 79.9. The van der Waals surface area contributed by atoms with Gasteiger partial charge in [0.25, 0.3) is 0 Å². The first-order chi connectivity index (χ1) is 5.79. The summed E-state index contributed by atoms with van der Waals surface area (Å²) in [6, 6.07) is 9.59. The molecule has 62 valence electrons. The highest BCUT2D eigenvalue weighted by Crippen LogP contribution is 2.24. The maximum absolute atomic E-state index is 8.71. The Morgan fingerprint density at radius 3 is 2.67 bits per heavy atom.